The molecule has 0 aliphatic rings. The molecule has 5 nitrogen and oxygen atoms in total. The Morgan fingerprint density at radius 3 is 2.64 bits per heavy atom. The molecule has 80 valence electrons. The van der Waals surface area contributed by atoms with Gasteiger partial charge in [0.05, 0.1) is 11.4 Å². The number of hydrogen-bond acceptors (Lipinski definition) is 3. The zero-order valence-corrected chi connectivity index (χ0v) is 8.55. The largest absolute Gasteiger partial charge is 0.397 e. The Hall–Kier alpha value is -1.01. The summed E-state index contributed by atoms with van der Waals surface area (Å²) in [5.74, 6) is -0.187. The predicted molar refractivity (Wildman–Crippen MR) is 54.6 cm³/mol. The number of aromatic amines is 1. The second kappa shape index (κ2) is 4.47. The lowest BCUT2D eigenvalue weighted by molar-refractivity contribution is 0.480. The Balaban J connectivity index is 2.26. The minimum absolute atomic E-state index is 0.187. The molecule has 0 amide bonds. The van der Waals surface area contributed by atoms with Crippen molar-refractivity contribution in [3.05, 3.63) is 18.0 Å². The summed E-state index contributed by atoms with van der Waals surface area (Å²) < 4.78 is 29.2. The van der Waals surface area contributed by atoms with E-state index in [9.17, 15) is 8.42 Å². The second-order valence-electron chi connectivity index (χ2n) is 3.15. The molecular weight excluding hydrogens is 204 g/mol. The Kier molecular flexibility index (Phi) is 3.54. The van der Waals surface area contributed by atoms with Crippen LogP contribution in [0.5, 0.6) is 0 Å². The third kappa shape index (κ3) is 3.80. The van der Waals surface area contributed by atoms with Gasteiger partial charge in [-0.15, -0.1) is 0 Å². The van der Waals surface area contributed by atoms with Gasteiger partial charge in [0, 0.05) is 11.9 Å². The minimum Gasteiger partial charge on any atom is -0.397 e. The highest BCUT2D eigenvalue weighted by atomic mass is 32.2. The van der Waals surface area contributed by atoms with E-state index in [0.29, 0.717) is 24.9 Å². The molecule has 0 radical (unpaired) electrons. The second-order valence-corrected chi connectivity index (χ2v) is 4.73. The van der Waals surface area contributed by atoms with E-state index in [1.165, 1.54) is 0 Å². The van der Waals surface area contributed by atoms with Gasteiger partial charge in [0.15, 0.2) is 0 Å². The molecule has 14 heavy (non-hydrogen) atoms. The first-order valence-electron chi connectivity index (χ1n) is 4.36. The van der Waals surface area contributed by atoms with E-state index in [-0.39, 0.29) is 5.75 Å². The fourth-order valence-electron chi connectivity index (χ4n) is 1.22. The Bertz CT molecular complexity index is 383. The maximum Gasteiger partial charge on any atom is 0.264 e. The van der Waals surface area contributed by atoms with Crippen LogP contribution in [0.15, 0.2) is 12.3 Å². The standard InChI is InChI=1S/C8H14N2O3S/c9-7-4-5-10-8(7)3-1-2-6-14(11,12)13/h4-5,10H,1-3,6,9H2,(H,11,12,13). The first-order chi connectivity index (χ1) is 6.49. The van der Waals surface area contributed by atoms with E-state index >= 15 is 0 Å². The number of aromatic nitrogens is 1. The first-order valence-corrected chi connectivity index (χ1v) is 5.97. The van der Waals surface area contributed by atoms with Gasteiger partial charge >= 0.3 is 0 Å². The smallest absolute Gasteiger partial charge is 0.264 e. The number of rotatable bonds is 5. The zero-order valence-electron chi connectivity index (χ0n) is 7.73. The predicted octanol–water partition coefficient (Wildman–Crippen LogP) is 0.807. The number of H-pyrrole nitrogens is 1. The molecule has 1 heterocycles. The highest BCUT2D eigenvalue weighted by molar-refractivity contribution is 7.85. The van der Waals surface area contributed by atoms with Crippen LogP contribution in [-0.4, -0.2) is 23.7 Å². The molecule has 0 aliphatic carbocycles. The van der Waals surface area contributed by atoms with Crippen molar-refractivity contribution in [1.29, 1.82) is 0 Å². The molecule has 0 fully saturated rings. The Morgan fingerprint density at radius 2 is 2.14 bits per heavy atom. The van der Waals surface area contributed by atoms with Crippen molar-refractivity contribution in [1.82, 2.24) is 4.98 Å². The van der Waals surface area contributed by atoms with E-state index in [4.69, 9.17) is 10.3 Å². The SMILES string of the molecule is Nc1cc[nH]c1CCCCS(=O)(=O)O. The van der Waals surface area contributed by atoms with Crippen LogP contribution in [0, 0.1) is 0 Å². The Morgan fingerprint density at radius 1 is 1.43 bits per heavy atom. The molecule has 0 bridgehead atoms. The van der Waals surface area contributed by atoms with Crippen molar-refractivity contribution in [3.8, 4) is 0 Å². The van der Waals surface area contributed by atoms with Crippen molar-refractivity contribution in [2.24, 2.45) is 0 Å². The molecule has 6 heteroatoms. The summed E-state index contributed by atoms with van der Waals surface area (Å²) in [7, 11) is -3.82. The van der Waals surface area contributed by atoms with Gasteiger partial charge in [0.25, 0.3) is 10.1 Å². The number of nitrogens with two attached hydrogens (primary N) is 1. The summed E-state index contributed by atoms with van der Waals surface area (Å²) >= 11 is 0. The van der Waals surface area contributed by atoms with Crippen LogP contribution in [0.25, 0.3) is 0 Å². The van der Waals surface area contributed by atoms with Crippen molar-refractivity contribution in [2.75, 3.05) is 11.5 Å². The maximum absolute atomic E-state index is 10.4. The fourth-order valence-corrected chi connectivity index (χ4v) is 1.79. The highest BCUT2D eigenvalue weighted by Gasteiger charge is 2.04. The summed E-state index contributed by atoms with van der Waals surface area (Å²) in [6.07, 6.45) is 3.57. The van der Waals surface area contributed by atoms with Crippen LogP contribution in [0.3, 0.4) is 0 Å². The lowest BCUT2D eigenvalue weighted by Gasteiger charge is -1.99. The van der Waals surface area contributed by atoms with Gasteiger partial charge in [-0.25, -0.2) is 0 Å². The van der Waals surface area contributed by atoms with Crippen molar-refractivity contribution >= 4 is 15.8 Å². The number of anilines is 1. The number of nitrogen functional groups attached to an aromatic ring is 1. The van der Waals surface area contributed by atoms with Crippen molar-refractivity contribution < 1.29 is 13.0 Å². The van der Waals surface area contributed by atoms with E-state index in [1.54, 1.807) is 12.3 Å². The van der Waals surface area contributed by atoms with Crippen molar-refractivity contribution in [2.45, 2.75) is 19.3 Å². The molecule has 1 aromatic rings. The summed E-state index contributed by atoms with van der Waals surface area (Å²) in [6.45, 7) is 0. The lowest BCUT2D eigenvalue weighted by atomic mass is 10.2. The Labute approximate surface area is 83.1 Å². The van der Waals surface area contributed by atoms with Gasteiger partial charge in [-0.1, -0.05) is 0 Å². The number of nitrogens with one attached hydrogen (secondary N) is 1. The van der Waals surface area contributed by atoms with Gasteiger partial charge in [-0.3, -0.25) is 4.55 Å². The van der Waals surface area contributed by atoms with Gasteiger partial charge in [0.1, 0.15) is 0 Å². The van der Waals surface area contributed by atoms with Crippen LogP contribution in [-0.2, 0) is 16.5 Å². The fraction of sp³-hybridized carbons (Fsp3) is 0.500. The molecule has 0 aliphatic heterocycles. The van der Waals surface area contributed by atoms with Gasteiger partial charge in [0.2, 0.25) is 0 Å². The highest BCUT2D eigenvalue weighted by Crippen LogP contribution is 2.11. The number of unbranched alkanes of at least 4 members (excludes halogenated alkanes) is 1. The molecule has 0 aromatic carbocycles. The average Bonchev–Trinajstić information content (AvgIpc) is 2.44. The van der Waals surface area contributed by atoms with Gasteiger partial charge in [-0.2, -0.15) is 8.42 Å². The topological polar surface area (TPSA) is 96.2 Å². The molecule has 0 spiro atoms. The van der Waals surface area contributed by atoms with Crippen LogP contribution in [0.2, 0.25) is 0 Å². The average molecular weight is 218 g/mol. The van der Waals surface area contributed by atoms with Crippen LogP contribution in [0.4, 0.5) is 5.69 Å². The van der Waals surface area contributed by atoms with Gasteiger partial charge in [-0.05, 0) is 25.3 Å². The number of hydrogen-bond donors (Lipinski definition) is 3. The van der Waals surface area contributed by atoms with Crippen LogP contribution in [0.1, 0.15) is 18.5 Å². The molecular formula is C8H14N2O3S. The molecule has 4 N–H and O–H groups in total. The van der Waals surface area contributed by atoms with E-state index in [0.717, 1.165) is 5.69 Å². The van der Waals surface area contributed by atoms with E-state index in [2.05, 4.69) is 4.98 Å². The molecule has 0 unspecified atom stereocenters. The van der Waals surface area contributed by atoms with Crippen LogP contribution < -0.4 is 5.73 Å². The molecule has 1 rings (SSSR count). The lowest BCUT2D eigenvalue weighted by Crippen LogP contribution is -2.04. The minimum atomic E-state index is -3.82. The molecule has 0 saturated heterocycles. The summed E-state index contributed by atoms with van der Waals surface area (Å²) in [5.41, 5.74) is 7.22. The summed E-state index contributed by atoms with van der Waals surface area (Å²) in [4.78, 5) is 2.97. The van der Waals surface area contributed by atoms with Crippen molar-refractivity contribution in [3.63, 3.8) is 0 Å². The maximum atomic E-state index is 10.4. The normalized spacial score (nSPS) is 11.8. The van der Waals surface area contributed by atoms with Gasteiger partial charge < -0.3 is 10.7 Å². The summed E-state index contributed by atoms with van der Waals surface area (Å²) in [5, 5.41) is 0. The zero-order chi connectivity index (χ0) is 10.6. The molecule has 0 saturated carbocycles. The quantitative estimate of drug-likeness (QED) is 0.503. The molecule has 1 aromatic heterocycles. The third-order valence-corrected chi connectivity index (χ3v) is 2.75. The van der Waals surface area contributed by atoms with Crippen LogP contribution >= 0.6 is 0 Å². The monoisotopic (exact) mass is 218 g/mol. The molecule has 0 atom stereocenters. The number of aryl methyl sites for hydroxylation is 1. The van der Waals surface area contributed by atoms with E-state index in [1.807, 2.05) is 0 Å². The third-order valence-electron chi connectivity index (χ3n) is 1.95. The van der Waals surface area contributed by atoms with E-state index < -0.39 is 10.1 Å². The first kappa shape index (κ1) is 11.1. The summed E-state index contributed by atoms with van der Waals surface area (Å²) in [6, 6.07) is 1.76.